The molecule has 2 aromatic rings. The van der Waals surface area contributed by atoms with E-state index < -0.39 is 0 Å². The van der Waals surface area contributed by atoms with Gasteiger partial charge in [-0.2, -0.15) is 0 Å². The van der Waals surface area contributed by atoms with Gasteiger partial charge < -0.3 is 15.2 Å². The Kier molecular flexibility index (Phi) is 5.60. The molecule has 114 valence electrons. The molecule has 22 heavy (non-hydrogen) atoms. The average molecular weight is 297 g/mol. The van der Waals surface area contributed by atoms with Crippen molar-refractivity contribution in [3.05, 3.63) is 65.7 Å². The van der Waals surface area contributed by atoms with Crippen LogP contribution in [0, 0.1) is 0 Å². The van der Waals surface area contributed by atoms with Crippen molar-refractivity contribution in [3.8, 4) is 11.5 Å². The first-order valence-electron chi connectivity index (χ1n) is 7.06. The smallest absolute Gasteiger partial charge is 0.244 e. The maximum absolute atomic E-state index is 11.7. The van der Waals surface area contributed by atoms with Crippen molar-refractivity contribution in [1.29, 1.82) is 0 Å². The molecule has 0 aliphatic carbocycles. The highest BCUT2D eigenvalue weighted by atomic mass is 16.5. The zero-order valence-electron chi connectivity index (χ0n) is 12.5. The summed E-state index contributed by atoms with van der Waals surface area (Å²) in [5.74, 6) is 0.420. The Hall–Kier alpha value is -2.75. The fourth-order valence-electron chi connectivity index (χ4n) is 2.00. The fourth-order valence-corrected chi connectivity index (χ4v) is 2.00. The maximum atomic E-state index is 11.7. The Morgan fingerprint density at radius 1 is 1.23 bits per heavy atom. The molecule has 0 aliphatic heterocycles. The number of phenolic OH excluding ortho intramolecular Hbond substituents is 1. The van der Waals surface area contributed by atoms with Gasteiger partial charge in [-0.15, -0.1) is 0 Å². The molecular formula is C18H19NO3. The molecule has 2 aromatic carbocycles. The van der Waals surface area contributed by atoms with Gasteiger partial charge in [-0.25, -0.2) is 0 Å². The summed E-state index contributed by atoms with van der Waals surface area (Å²) in [4.78, 5) is 11.7. The molecule has 0 spiro atoms. The van der Waals surface area contributed by atoms with Gasteiger partial charge in [0.1, 0.15) is 0 Å². The molecule has 0 heterocycles. The van der Waals surface area contributed by atoms with Crippen LogP contribution in [0.2, 0.25) is 0 Å². The number of rotatable bonds is 6. The van der Waals surface area contributed by atoms with E-state index in [4.69, 9.17) is 4.74 Å². The number of amides is 1. The van der Waals surface area contributed by atoms with E-state index >= 15 is 0 Å². The van der Waals surface area contributed by atoms with Gasteiger partial charge in [0.25, 0.3) is 0 Å². The number of hydrogen-bond donors (Lipinski definition) is 2. The summed E-state index contributed by atoms with van der Waals surface area (Å²) in [7, 11) is 1.51. The number of ether oxygens (including phenoxy) is 1. The molecule has 0 saturated carbocycles. The van der Waals surface area contributed by atoms with Gasteiger partial charge in [0, 0.05) is 12.6 Å². The lowest BCUT2D eigenvalue weighted by Gasteiger charge is -2.07. The van der Waals surface area contributed by atoms with Crippen molar-refractivity contribution >= 4 is 12.0 Å². The van der Waals surface area contributed by atoms with Crippen LogP contribution >= 0.6 is 0 Å². The van der Waals surface area contributed by atoms with Gasteiger partial charge in [-0.1, -0.05) is 36.4 Å². The molecule has 0 aromatic heterocycles. The van der Waals surface area contributed by atoms with Crippen LogP contribution in [0.3, 0.4) is 0 Å². The average Bonchev–Trinajstić information content (AvgIpc) is 2.55. The predicted octanol–water partition coefficient (Wildman–Crippen LogP) is 2.77. The summed E-state index contributed by atoms with van der Waals surface area (Å²) in [6.45, 7) is 0.520. The van der Waals surface area contributed by atoms with Crippen LogP contribution in [-0.4, -0.2) is 24.7 Å². The van der Waals surface area contributed by atoms with Crippen LogP contribution in [0.1, 0.15) is 11.1 Å². The molecule has 2 N–H and O–H groups in total. The first-order valence-corrected chi connectivity index (χ1v) is 7.06. The van der Waals surface area contributed by atoms with E-state index in [1.165, 1.54) is 13.2 Å². The highest BCUT2D eigenvalue weighted by Crippen LogP contribution is 2.26. The lowest BCUT2D eigenvalue weighted by atomic mass is 10.1. The highest BCUT2D eigenvalue weighted by Gasteiger charge is 2.03. The van der Waals surface area contributed by atoms with Gasteiger partial charge in [0.15, 0.2) is 11.5 Å². The van der Waals surface area contributed by atoms with Crippen molar-refractivity contribution < 1.29 is 14.6 Å². The molecule has 0 radical (unpaired) electrons. The molecule has 1 amide bonds. The Labute approximate surface area is 130 Å². The third kappa shape index (κ3) is 4.66. The predicted molar refractivity (Wildman–Crippen MR) is 86.8 cm³/mol. The summed E-state index contributed by atoms with van der Waals surface area (Å²) in [5, 5.41) is 12.3. The number of phenols is 1. The van der Waals surface area contributed by atoms with E-state index in [0.29, 0.717) is 18.7 Å². The molecule has 0 unspecified atom stereocenters. The van der Waals surface area contributed by atoms with Crippen LogP contribution in [-0.2, 0) is 11.2 Å². The summed E-state index contributed by atoms with van der Waals surface area (Å²) < 4.78 is 5.05. The van der Waals surface area contributed by atoms with E-state index in [1.807, 2.05) is 36.4 Å². The summed E-state index contributed by atoms with van der Waals surface area (Å²) in [6.07, 6.45) is 3.97. The zero-order valence-corrected chi connectivity index (χ0v) is 12.5. The van der Waals surface area contributed by atoms with Crippen LogP contribution in [0.5, 0.6) is 11.5 Å². The van der Waals surface area contributed by atoms with E-state index in [-0.39, 0.29) is 11.7 Å². The molecular weight excluding hydrogens is 278 g/mol. The van der Waals surface area contributed by atoms with E-state index in [0.717, 1.165) is 11.1 Å². The molecule has 4 heteroatoms. The normalized spacial score (nSPS) is 10.6. The Morgan fingerprint density at radius 2 is 2.00 bits per heavy atom. The number of carbonyl (C=O) groups excluding carboxylic acids is 1. The molecule has 0 atom stereocenters. The summed E-state index contributed by atoms with van der Waals surface area (Å²) >= 11 is 0. The van der Waals surface area contributed by atoms with Crippen LogP contribution in [0.15, 0.2) is 54.6 Å². The van der Waals surface area contributed by atoms with Gasteiger partial charge in [-0.05, 0) is 35.8 Å². The molecule has 2 rings (SSSR count). The van der Waals surface area contributed by atoms with Gasteiger partial charge in [-0.3, -0.25) is 4.79 Å². The Balaban J connectivity index is 1.81. The van der Waals surface area contributed by atoms with Crippen molar-refractivity contribution in [2.45, 2.75) is 6.42 Å². The minimum atomic E-state index is -0.130. The number of hydrogen-bond acceptors (Lipinski definition) is 3. The lowest BCUT2D eigenvalue weighted by molar-refractivity contribution is -0.116. The second-order valence-electron chi connectivity index (χ2n) is 4.79. The first-order chi connectivity index (χ1) is 10.7. The van der Waals surface area contributed by atoms with Gasteiger partial charge >= 0.3 is 0 Å². The van der Waals surface area contributed by atoms with E-state index in [9.17, 15) is 9.90 Å². The summed E-state index contributed by atoms with van der Waals surface area (Å²) in [6, 6.07) is 14.8. The molecule has 0 aliphatic rings. The fraction of sp³-hybridized carbons (Fsp3) is 0.167. The summed E-state index contributed by atoms with van der Waals surface area (Å²) in [5.41, 5.74) is 1.97. The number of aromatic hydroxyl groups is 1. The standard InChI is InChI=1S/C18H19NO3/c1-22-17-13-15(7-9-16(17)20)11-12-19-18(21)10-8-14-5-3-2-4-6-14/h2-10,13,20H,11-12H2,1H3,(H,19,21)/b10-8+. The number of methoxy groups -OCH3 is 1. The van der Waals surface area contributed by atoms with Crippen molar-refractivity contribution in [2.24, 2.45) is 0 Å². The monoisotopic (exact) mass is 297 g/mol. The van der Waals surface area contributed by atoms with E-state index in [2.05, 4.69) is 5.32 Å². The largest absolute Gasteiger partial charge is 0.504 e. The van der Waals surface area contributed by atoms with E-state index in [1.54, 1.807) is 18.2 Å². The zero-order chi connectivity index (χ0) is 15.8. The second kappa shape index (κ2) is 7.88. The van der Waals surface area contributed by atoms with Gasteiger partial charge in [0.2, 0.25) is 5.91 Å². The topological polar surface area (TPSA) is 58.6 Å². The number of carbonyl (C=O) groups is 1. The highest BCUT2D eigenvalue weighted by molar-refractivity contribution is 5.91. The van der Waals surface area contributed by atoms with Crippen molar-refractivity contribution in [3.63, 3.8) is 0 Å². The Morgan fingerprint density at radius 3 is 2.73 bits per heavy atom. The minimum Gasteiger partial charge on any atom is -0.504 e. The van der Waals surface area contributed by atoms with Gasteiger partial charge in [0.05, 0.1) is 7.11 Å². The third-order valence-electron chi connectivity index (χ3n) is 3.18. The Bertz CT molecular complexity index is 651. The van der Waals surface area contributed by atoms with Crippen molar-refractivity contribution in [1.82, 2.24) is 5.32 Å². The third-order valence-corrected chi connectivity index (χ3v) is 3.18. The van der Waals surface area contributed by atoms with Crippen LogP contribution < -0.4 is 10.1 Å². The molecule has 4 nitrogen and oxygen atoms in total. The van der Waals surface area contributed by atoms with Crippen LogP contribution in [0.4, 0.5) is 0 Å². The number of benzene rings is 2. The minimum absolute atomic E-state index is 0.112. The SMILES string of the molecule is COc1cc(CCNC(=O)/C=C/c2ccccc2)ccc1O. The molecule has 0 saturated heterocycles. The molecule has 0 bridgehead atoms. The quantitative estimate of drug-likeness (QED) is 0.806. The second-order valence-corrected chi connectivity index (χ2v) is 4.79. The van der Waals surface area contributed by atoms with Crippen molar-refractivity contribution in [2.75, 3.05) is 13.7 Å². The maximum Gasteiger partial charge on any atom is 0.244 e. The lowest BCUT2D eigenvalue weighted by Crippen LogP contribution is -2.23. The number of nitrogens with one attached hydrogen (secondary N) is 1. The van der Waals surface area contributed by atoms with Crippen LogP contribution in [0.25, 0.3) is 6.08 Å². The molecule has 0 fully saturated rings. The first kappa shape index (κ1) is 15.6.